The number of nitrogens with zero attached hydrogens (tertiary/aromatic N) is 1. The topological polar surface area (TPSA) is 51.2 Å². The Kier molecular flexibility index (Phi) is 6.38. The zero-order valence-electron chi connectivity index (χ0n) is 17.9. The van der Waals surface area contributed by atoms with Gasteiger partial charge in [-0.3, -0.25) is 10.1 Å². The zero-order chi connectivity index (χ0) is 21.1. The molecule has 2 aromatic carbocycles. The monoisotopic (exact) mass is 408 g/mol. The summed E-state index contributed by atoms with van der Waals surface area (Å²) in [5.74, 6) is 0.948. The summed E-state index contributed by atoms with van der Waals surface area (Å²) in [7, 11) is 0. The predicted molar refractivity (Wildman–Crippen MR) is 121 cm³/mol. The van der Waals surface area contributed by atoms with E-state index in [9.17, 15) is 4.79 Å². The summed E-state index contributed by atoms with van der Waals surface area (Å²) in [5, 5.41) is 5.41. The molecule has 4 nitrogen and oxygen atoms in total. The maximum absolute atomic E-state index is 12.4. The number of aryl methyl sites for hydroxylation is 4. The molecule has 0 aliphatic carbocycles. The van der Waals surface area contributed by atoms with Gasteiger partial charge >= 0.3 is 0 Å². The van der Waals surface area contributed by atoms with Crippen LogP contribution in [0, 0.1) is 27.7 Å². The molecule has 0 spiro atoms. The van der Waals surface area contributed by atoms with Crippen LogP contribution in [0.25, 0.3) is 11.3 Å². The van der Waals surface area contributed by atoms with Gasteiger partial charge in [0.05, 0.1) is 5.69 Å². The second kappa shape index (κ2) is 8.78. The van der Waals surface area contributed by atoms with Gasteiger partial charge < -0.3 is 4.74 Å². The molecule has 0 atom stereocenters. The molecule has 1 heterocycles. The highest BCUT2D eigenvalue weighted by molar-refractivity contribution is 7.14. The van der Waals surface area contributed by atoms with Gasteiger partial charge in [0.2, 0.25) is 0 Å². The van der Waals surface area contributed by atoms with Crippen LogP contribution < -0.4 is 10.1 Å². The number of rotatable bonds is 6. The average molecular weight is 409 g/mol. The van der Waals surface area contributed by atoms with Gasteiger partial charge in [0.1, 0.15) is 5.75 Å². The number of carbonyl (C=O) groups excluding carboxylic acids is 1. The Balaban J connectivity index is 1.66. The van der Waals surface area contributed by atoms with Crippen LogP contribution in [-0.2, 0) is 4.79 Å². The molecule has 0 radical (unpaired) electrons. The van der Waals surface area contributed by atoms with Crippen molar-refractivity contribution in [2.75, 3.05) is 11.9 Å². The zero-order valence-corrected chi connectivity index (χ0v) is 18.7. The van der Waals surface area contributed by atoms with Gasteiger partial charge in [-0.05, 0) is 73.6 Å². The maximum atomic E-state index is 12.4. The number of aromatic nitrogens is 1. The number of benzene rings is 2. The number of amides is 1. The highest BCUT2D eigenvalue weighted by atomic mass is 32.1. The molecular weight excluding hydrogens is 380 g/mol. The van der Waals surface area contributed by atoms with E-state index in [1.54, 1.807) is 0 Å². The molecule has 3 rings (SSSR count). The van der Waals surface area contributed by atoms with Crippen molar-refractivity contribution in [1.29, 1.82) is 0 Å². The fourth-order valence-corrected chi connectivity index (χ4v) is 3.85. The Hall–Kier alpha value is -2.66. The SMILES string of the molecule is Cc1cc(C)c(-c2csc(NC(=O)COc3cc(C(C)C)ccc3C)n2)cc1C. The summed E-state index contributed by atoms with van der Waals surface area (Å²) >= 11 is 1.42. The van der Waals surface area contributed by atoms with Crippen LogP contribution in [0.1, 0.15) is 47.6 Å². The predicted octanol–water partition coefficient (Wildman–Crippen LogP) is 6.18. The molecule has 0 aliphatic heterocycles. The van der Waals surface area contributed by atoms with E-state index in [4.69, 9.17) is 4.74 Å². The van der Waals surface area contributed by atoms with Crippen molar-refractivity contribution >= 4 is 22.4 Å². The van der Waals surface area contributed by atoms with E-state index < -0.39 is 0 Å². The van der Waals surface area contributed by atoms with Crippen molar-refractivity contribution in [2.45, 2.75) is 47.5 Å². The van der Waals surface area contributed by atoms with Crippen LogP contribution in [0.5, 0.6) is 5.75 Å². The summed E-state index contributed by atoms with van der Waals surface area (Å²) in [6, 6.07) is 10.5. The number of carbonyl (C=O) groups is 1. The van der Waals surface area contributed by atoms with Crippen LogP contribution in [0.15, 0.2) is 35.7 Å². The van der Waals surface area contributed by atoms with E-state index >= 15 is 0 Å². The lowest BCUT2D eigenvalue weighted by atomic mass is 9.99. The molecule has 1 N–H and O–H groups in total. The van der Waals surface area contributed by atoms with E-state index in [0.717, 1.165) is 22.6 Å². The first-order valence-electron chi connectivity index (χ1n) is 9.81. The first kappa shape index (κ1) is 21.1. The summed E-state index contributed by atoms with van der Waals surface area (Å²) in [6.45, 7) is 12.5. The molecule has 0 unspecified atom stereocenters. The fourth-order valence-electron chi connectivity index (χ4n) is 3.12. The van der Waals surface area contributed by atoms with Gasteiger partial charge in [0.25, 0.3) is 5.91 Å². The summed E-state index contributed by atoms with van der Waals surface area (Å²) in [4.78, 5) is 17.0. The Morgan fingerprint density at radius 3 is 2.48 bits per heavy atom. The Labute approximate surface area is 177 Å². The molecule has 152 valence electrons. The Bertz CT molecular complexity index is 1040. The van der Waals surface area contributed by atoms with Crippen molar-refractivity contribution < 1.29 is 9.53 Å². The summed E-state index contributed by atoms with van der Waals surface area (Å²) in [6.07, 6.45) is 0. The molecule has 3 aromatic rings. The standard InChI is InChI=1S/C24H28N2O2S/c1-14(2)19-8-7-15(3)22(11-19)28-12-23(27)26-24-25-21(13-29-24)20-10-17(5)16(4)9-18(20)6/h7-11,13-14H,12H2,1-6H3,(H,25,26,27). The van der Waals surface area contributed by atoms with E-state index in [2.05, 4.69) is 63.1 Å². The smallest absolute Gasteiger partial charge is 0.264 e. The van der Waals surface area contributed by atoms with Gasteiger partial charge in [0, 0.05) is 10.9 Å². The molecule has 1 amide bonds. The van der Waals surface area contributed by atoms with Crippen LogP contribution in [0.4, 0.5) is 5.13 Å². The first-order valence-corrected chi connectivity index (χ1v) is 10.7. The highest BCUT2D eigenvalue weighted by Gasteiger charge is 2.12. The van der Waals surface area contributed by atoms with Crippen molar-refractivity contribution in [3.05, 3.63) is 63.5 Å². The third kappa shape index (κ3) is 5.04. The van der Waals surface area contributed by atoms with Gasteiger partial charge in [-0.1, -0.05) is 32.0 Å². The second-order valence-corrected chi connectivity index (χ2v) is 8.66. The minimum Gasteiger partial charge on any atom is -0.483 e. The largest absolute Gasteiger partial charge is 0.483 e. The van der Waals surface area contributed by atoms with Gasteiger partial charge in [-0.2, -0.15) is 0 Å². The lowest BCUT2D eigenvalue weighted by Gasteiger charge is -2.12. The lowest BCUT2D eigenvalue weighted by molar-refractivity contribution is -0.118. The van der Waals surface area contributed by atoms with E-state index in [1.165, 1.54) is 33.6 Å². The third-order valence-electron chi connectivity index (χ3n) is 5.10. The highest BCUT2D eigenvalue weighted by Crippen LogP contribution is 2.29. The Morgan fingerprint density at radius 1 is 1.03 bits per heavy atom. The van der Waals surface area contributed by atoms with Crippen LogP contribution in [0.3, 0.4) is 0 Å². The van der Waals surface area contributed by atoms with Crippen LogP contribution in [0.2, 0.25) is 0 Å². The molecule has 1 aromatic heterocycles. The number of nitrogens with one attached hydrogen (secondary N) is 1. The fraction of sp³-hybridized carbons (Fsp3) is 0.333. The van der Waals surface area contributed by atoms with E-state index in [-0.39, 0.29) is 12.5 Å². The van der Waals surface area contributed by atoms with Crippen molar-refractivity contribution in [3.63, 3.8) is 0 Å². The number of hydrogen-bond donors (Lipinski definition) is 1. The lowest BCUT2D eigenvalue weighted by Crippen LogP contribution is -2.20. The number of hydrogen-bond acceptors (Lipinski definition) is 4. The van der Waals surface area contributed by atoms with Gasteiger partial charge in [0.15, 0.2) is 11.7 Å². The second-order valence-electron chi connectivity index (χ2n) is 7.81. The maximum Gasteiger partial charge on any atom is 0.264 e. The summed E-state index contributed by atoms with van der Waals surface area (Å²) < 4.78 is 5.77. The van der Waals surface area contributed by atoms with Gasteiger partial charge in [-0.15, -0.1) is 11.3 Å². The Morgan fingerprint density at radius 2 is 1.76 bits per heavy atom. The van der Waals surface area contributed by atoms with Crippen molar-refractivity contribution in [2.24, 2.45) is 0 Å². The molecule has 0 fully saturated rings. The van der Waals surface area contributed by atoms with Crippen molar-refractivity contribution in [3.8, 4) is 17.0 Å². The molecule has 5 heteroatoms. The van der Waals surface area contributed by atoms with E-state index in [1.807, 2.05) is 24.4 Å². The van der Waals surface area contributed by atoms with Gasteiger partial charge in [-0.25, -0.2) is 4.98 Å². The first-order chi connectivity index (χ1) is 13.7. The molecular formula is C24H28N2O2S. The number of anilines is 1. The van der Waals surface area contributed by atoms with Crippen LogP contribution >= 0.6 is 11.3 Å². The molecule has 0 saturated heterocycles. The van der Waals surface area contributed by atoms with Crippen LogP contribution in [-0.4, -0.2) is 17.5 Å². The minimum absolute atomic E-state index is 0.0417. The quantitative estimate of drug-likeness (QED) is 0.529. The normalized spacial score (nSPS) is 11.0. The van der Waals surface area contributed by atoms with Crippen molar-refractivity contribution in [1.82, 2.24) is 4.98 Å². The van der Waals surface area contributed by atoms with E-state index in [0.29, 0.717) is 11.0 Å². The molecule has 0 bridgehead atoms. The average Bonchev–Trinajstić information content (AvgIpc) is 3.11. The minimum atomic E-state index is -0.211. The number of thiazole rings is 1. The number of ether oxygens (including phenoxy) is 1. The molecule has 0 aliphatic rings. The molecule has 29 heavy (non-hydrogen) atoms. The third-order valence-corrected chi connectivity index (χ3v) is 5.86. The summed E-state index contributed by atoms with van der Waals surface area (Å²) in [5.41, 5.74) is 7.87. The molecule has 0 saturated carbocycles.